The number of aromatic nitrogens is 1. The molecule has 43 heavy (non-hydrogen) atoms. The lowest BCUT2D eigenvalue weighted by molar-refractivity contribution is -0.137. The molecule has 3 atom stereocenters. The highest BCUT2D eigenvalue weighted by atomic mass is 32.2. The molecule has 2 heterocycles. The Kier molecular flexibility index (Phi) is 10.3. The van der Waals surface area contributed by atoms with Crippen LogP contribution in [0.4, 0.5) is 19.0 Å². The third-order valence-corrected chi connectivity index (χ3v) is 8.94. The number of anilines is 1. The van der Waals surface area contributed by atoms with Gasteiger partial charge in [-0.1, -0.05) is 19.1 Å². The normalized spacial score (nSPS) is 18.0. The predicted molar refractivity (Wildman–Crippen MR) is 154 cm³/mol. The van der Waals surface area contributed by atoms with Crippen molar-refractivity contribution in [1.29, 1.82) is 0 Å². The lowest BCUT2D eigenvalue weighted by Crippen LogP contribution is -2.34. The highest BCUT2D eigenvalue weighted by molar-refractivity contribution is 7.91. The molecule has 0 spiro atoms. The fourth-order valence-corrected chi connectivity index (χ4v) is 5.69. The van der Waals surface area contributed by atoms with Gasteiger partial charge in [0.2, 0.25) is 0 Å². The van der Waals surface area contributed by atoms with E-state index in [1.54, 1.807) is 31.2 Å². The molecule has 13 heteroatoms. The number of carbonyl (C=O) groups excluding carboxylic acids is 1. The average molecular weight is 622 g/mol. The van der Waals surface area contributed by atoms with E-state index in [4.69, 9.17) is 9.47 Å². The van der Waals surface area contributed by atoms with Crippen LogP contribution in [0.3, 0.4) is 0 Å². The predicted octanol–water partition coefficient (Wildman–Crippen LogP) is 4.42. The van der Waals surface area contributed by atoms with Crippen molar-refractivity contribution in [2.75, 3.05) is 37.0 Å². The molecule has 1 amide bonds. The van der Waals surface area contributed by atoms with Crippen LogP contribution in [0.5, 0.6) is 5.75 Å². The monoisotopic (exact) mass is 621 g/mol. The zero-order valence-corrected chi connectivity index (χ0v) is 24.6. The number of ether oxygens (including phenoxy) is 2. The third kappa shape index (κ3) is 8.03. The van der Waals surface area contributed by atoms with Crippen molar-refractivity contribution < 1.29 is 41.0 Å². The van der Waals surface area contributed by atoms with Gasteiger partial charge in [-0.2, -0.15) is 13.2 Å². The molecule has 1 saturated heterocycles. The molecule has 1 unspecified atom stereocenters. The first kappa shape index (κ1) is 32.2. The number of aliphatic hydroxyl groups excluding tert-OH is 1. The maximum absolute atomic E-state index is 13.0. The second-order valence-corrected chi connectivity index (χ2v) is 12.3. The molecule has 0 radical (unpaired) electrons. The molecule has 3 aromatic rings. The summed E-state index contributed by atoms with van der Waals surface area (Å²) in [5, 5.41) is 12.6. The van der Waals surface area contributed by atoms with Crippen LogP contribution >= 0.6 is 0 Å². The molecule has 2 N–H and O–H groups in total. The number of hydrogen-bond donors (Lipinski definition) is 2. The fraction of sp³-hybridized carbons (Fsp3) is 0.400. The van der Waals surface area contributed by atoms with Crippen LogP contribution in [-0.4, -0.2) is 68.7 Å². The lowest BCUT2D eigenvalue weighted by Gasteiger charge is -2.25. The van der Waals surface area contributed by atoms with Crippen molar-refractivity contribution in [1.82, 2.24) is 10.3 Å². The van der Waals surface area contributed by atoms with Crippen molar-refractivity contribution in [3.05, 3.63) is 83.6 Å². The van der Waals surface area contributed by atoms with Gasteiger partial charge in [0.25, 0.3) is 5.91 Å². The quantitative estimate of drug-likeness (QED) is 0.305. The van der Waals surface area contributed by atoms with E-state index in [9.17, 15) is 31.5 Å². The van der Waals surface area contributed by atoms with E-state index in [-0.39, 0.29) is 28.4 Å². The van der Waals surface area contributed by atoms with Crippen LogP contribution in [0.15, 0.2) is 71.8 Å². The number of aliphatic hydroxyl groups is 1. The van der Waals surface area contributed by atoms with Crippen LogP contribution in [0.2, 0.25) is 0 Å². The smallest absolute Gasteiger partial charge is 0.416 e. The highest BCUT2D eigenvalue weighted by Gasteiger charge is 2.35. The molecular formula is C30H34F3N3O6S. The average Bonchev–Trinajstić information content (AvgIpc) is 3.40. The summed E-state index contributed by atoms with van der Waals surface area (Å²) in [7, 11) is -3.38. The van der Waals surface area contributed by atoms with Crippen molar-refractivity contribution >= 4 is 21.6 Å². The molecule has 9 nitrogen and oxygen atoms in total. The van der Waals surface area contributed by atoms with Gasteiger partial charge in [0.05, 0.1) is 53.6 Å². The summed E-state index contributed by atoms with van der Waals surface area (Å²) in [6, 6.07) is 13.0. The van der Waals surface area contributed by atoms with Gasteiger partial charge in [0.1, 0.15) is 17.7 Å². The van der Waals surface area contributed by atoms with E-state index < -0.39 is 40.1 Å². The van der Waals surface area contributed by atoms with Crippen LogP contribution < -0.4 is 15.0 Å². The Labute approximate surface area is 248 Å². The molecule has 0 aliphatic carbocycles. The fourth-order valence-electron chi connectivity index (χ4n) is 4.81. The molecule has 1 aliphatic rings. The molecule has 1 fully saturated rings. The summed E-state index contributed by atoms with van der Waals surface area (Å²) in [6.07, 6.45) is -2.78. The van der Waals surface area contributed by atoms with Gasteiger partial charge in [-0.25, -0.2) is 13.4 Å². The Balaban J connectivity index is 1.42. The van der Waals surface area contributed by atoms with Crippen molar-refractivity contribution in [3.63, 3.8) is 0 Å². The first-order valence-electron chi connectivity index (χ1n) is 13.8. The van der Waals surface area contributed by atoms with Crippen LogP contribution in [0.25, 0.3) is 0 Å². The number of amides is 1. The standard InChI is InChI=1S/C30H34F3N3O6S/c1-3-41-19-23-15-25(42-24-10-8-22(9-11-24)30(31,32)33)17-36(23)28-14-7-21(16-34-28)29(38)35-27(18-37)20-5-12-26(13-6-20)43(39,40)4-2/h5-14,16,23,25,27,37H,3-4,15,17-19H2,1-2H3,(H,35,38)/t23-,25?,27-/m0/s1. The number of benzene rings is 2. The van der Waals surface area contributed by atoms with Gasteiger partial charge in [-0.3, -0.25) is 4.79 Å². The first-order valence-corrected chi connectivity index (χ1v) is 15.5. The number of alkyl halides is 3. The number of pyridine rings is 1. The number of carbonyl (C=O) groups is 1. The van der Waals surface area contributed by atoms with Gasteiger partial charge in [-0.05, 0) is 61.0 Å². The number of sulfone groups is 1. The summed E-state index contributed by atoms with van der Waals surface area (Å²) in [5.41, 5.74) is 0.0528. The van der Waals surface area contributed by atoms with E-state index in [0.717, 1.165) is 12.1 Å². The van der Waals surface area contributed by atoms with E-state index in [2.05, 4.69) is 10.3 Å². The number of nitrogens with one attached hydrogen (secondary N) is 1. The molecule has 232 valence electrons. The van der Waals surface area contributed by atoms with Gasteiger partial charge >= 0.3 is 6.18 Å². The maximum atomic E-state index is 13.0. The maximum Gasteiger partial charge on any atom is 0.416 e. The first-order chi connectivity index (χ1) is 20.4. The topological polar surface area (TPSA) is 118 Å². The Bertz CT molecular complexity index is 1470. The van der Waals surface area contributed by atoms with Crippen LogP contribution in [-0.2, 0) is 20.8 Å². The van der Waals surface area contributed by atoms with Gasteiger partial charge in [0, 0.05) is 19.2 Å². The summed E-state index contributed by atoms with van der Waals surface area (Å²) in [6.45, 7) is 4.34. The van der Waals surface area contributed by atoms with E-state index in [0.29, 0.717) is 43.3 Å². The molecule has 0 bridgehead atoms. The lowest BCUT2D eigenvalue weighted by atomic mass is 10.1. The zero-order chi connectivity index (χ0) is 31.2. The summed E-state index contributed by atoms with van der Waals surface area (Å²) < 4.78 is 74.5. The molecule has 2 aromatic carbocycles. The largest absolute Gasteiger partial charge is 0.489 e. The molecule has 1 aromatic heterocycles. The summed E-state index contributed by atoms with van der Waals surface area (Å²) in [5.74, 6) is 0.395. The highest BCUT2D eigenvalue weighted by Crippen LogP contribution is 2.32. The van der Waals surface area contributed by atoms with Crippen molar-refractivity contribution in [2.24, 2.45) is 0 Å². The van der Waals surface area contributed by atoms with E-state index in [1.165, 1.54) is 30.5 Å². The van der Waals surface area contributed by atoms with Gasteiger partial charge in [0.15, 0.2) is 9.84 Å². The zero-order valence-electron chi connectivity index (χ0n) is 23.8. The second kappa shape index (κ2) is 13.7. The molecular weight excluding hydrogens is 587 g/mol. The third-order valence-electron chi connectivity index (χ3n) is 7.19. The van der Waals surface area contributed by atoms with Crippen LogP contribution in [0.1, 0.15) is 47.8 Å². The minimum Gasteiger partial charge on any atom is -0.489 e. The number of nitrogens with zero attached hydrogens (tertiary/aromatic N) is 2. The van der Waals surface area contributed by atoms with Crippen LogP contribution in [0, 0.1) is 0 Å². The minimum atomic E-state index is -4.43. The Morgan fingerprint density at radius 3 is 2.35 bits per heavy atom. The minimum absolute atomic E-state index is 0.0356. The Hall–Kier alpha value is -3.68. The van der Waals surface area contributed by atoms with Crippen molar-refractivity contribution in [2.45, 2.75) is 49.5 Å². The second-order valence-electron chi connectivity index (χ2n) is 10.0. The molecule has 0 saturated carbocycles. The number of rotatable bonds is 12. The Morgan fingerprint density at radius 1 is 1.09 bits per heavy atom. The number of hydrogen-bond acceptors (Lipinski definition) is 8. The number of halogens is 3. The van der Waals surface area contributed by atoms with E-state index in [1.807, 2.05) is 11.8 Å². The SMILES string of the molecule is CCOC[C@@H]1CC(Oc2ccc(C(F)(F)F)cc2)CN1c1ccc(C(=O)N[C@@H](CO)c2ccc(S(=O)(=O)CC)cc2)cn1. The Morgan fingerprint density at radius 2 is 1.79 bits per heavy atom. The summed E-state index contributed by atoms with van der Waals surface area (Å²) in [4.78, 5) is 19.6. The van der Waals surface area contributed by atoms with E-state index >= 15 is 0 Å². The molecule has 4 rings (SSSR count). The van der Waals surface area contributed by atoms with Gasteiger partial charge in [-0.15, -0.1) is 0 Å². The summed E-state index contributed by atoms with van der Waals surface area (Å²) >= 11 is 0. The van der Waals surface area contributed by atoms with Crippen molar-refractivity contribution in [3.8, 4) is 5.75 Å². The molecule has 1 aliphatic heterocycles. The van der Waals surface area contributed by atoms with Gasteiger partial charge < -0.3 is 24.8 Å².